The minimum absolute atomic E-state index is 0.0940. The molecule has 0 amide bonds. The minimum Gasteiger partial charge on any atom is -0.392 e. The Balaban J connectivity index is 2.00. The summed E-state index contributed by atoms with van der Waals surface area (Å²) in [4.78, 5) is 1.34. The average Bonchev–Trinajstić information content (AvgIpc) is 2.42. The van der Waals surface area contributed by atoms with Crippen LogP contribution in [0.3, 0.4) is 0 Å². The summed E-state index contributed by atoms with van der Waals surface area (Å²) < 4.78 is 38.1. The number of rotatable bonds is 1. The Morgan fingerprint density at radius 3 is 2.30 bits per heavy atom. The van der Waals surface area contributed by atoms with Crippen molar-refractivity contribution in [3.05, 3.63) is 47.5 Å². The molecular weight excluding hydrogens is 287 g/mol. The second kappa shape index (κ2) is 4.71. The molecule has 0 spiro atoms. The van der Waals surface area contributed by atoms with Gasteiger partial charge in [-0.05, 0) is 35.9 Å². The van der Waals surface area contributed by atoms with Crippen molar-refractivity contribution in [1.82, 2.24) is 0 Å². The van der Waals surface area contributed by atoms with Crippen LogP contribution in [0, 0.1) is 0 Å². The van der Waals surface area contributed by atoms with Gasteiger partial charge in [-0.15, -0.1) is 0 Å². The van der Waals surface area contributed by atoms with Gasteiger partial charge in [-0.3, -0.25) is 0 Å². The fraction of sp³-hybridized carbons (Fsp3) is 0.143. The van der Waals surface area contributed by atoms with Crippen LogP contribution < -0.4 is 5.32 Å². The normalized spacial score (nSPS) is 13.4. The molecule has 6 heteroatoms. The first-order valence-electron chi connectivity index (χ1n) is 5.87. The Morgan fingerprint density at radius 1 is 1.00 bits per heavy atom. The maximum atomic E-state index is 12.7. The zero-order valence-corrected chi connectivity index (χ0v) is 11.0. The number of nitrogens with one attached hydrogen (secondary N) is 1. The molecule has 2 aromatic carbocycles. The van der Waals surface area contributed by atoms with Crippen molar-refractivity contribution in [2.75, 3.05) is 5.32 Å². The van der Waals surface area contributed by atoms with Gasteiger partial charge in [0.25, 0.3) is 0 Å². The van der Waals surface area contributed by atoms with Gasteiger partial charge in [-0.25, -0.2) is 0 Å². The summed E-state index contributed by atoms with van der Waals surface area (Å²) in [6.07, 6.45) is -4.34. The molecule has 0 atom stereocenters. The van der Waals surface area contributed by atoms with Crippen LogP contribution in [0.4, 0.5) is 24.5 Å². The summed E-state index contributed by atoms with van der Waals surface area (Å²) in [6, 6.07) is 9.02. The number of hydrogen-bond donors (Lipinski definition) is 2. The van der Waals surface area contributed by atoms with Crippen LogP contribution in [-0.2, 0) is 12.8 Å². The van der Waals surface area contributed by atoms with Gasteiger partial charge in [0.1, 0.15) is 0 Å². The van der Waals surface area contributed by atoms with E-state index in [-0.39, 0.29) is 6.61 Å². The third-order valence-corrected chi connectivity index (χ3v) is 4.14. The van der Waals surface area contributed by atoms with E-state index in [4.69, 9.17) is 5.11 Å². The minimum atomic E-state index is -4.34. The van der Waals surface area contributed by atoms with Crippen LogP contribution in [-0.4, -0.2) is 5.11 Å². The Kier molecular flexibility index (Phi) is 3.14. The van der Waals surface area contributed by atoms with Gasteiger partial charge in [0.2, 0.25) is 0 Å². The molecule has 1 aliphatic heterocycles. The van der Waals surface area contributed by atoms with Crippen LogP contribution in [0.5, 0.6) is 0 Å². The molecule has 0 bridgehead atoms. The molecule has 0 fully saturated rings. The highest BCUT2D eigenvalue weighted by molar-refractivity contribution is 7.99. The summed E-state index contributed by atoms with van der Waals surface area (Å²) in [5.41, 5.74) is 1.56. The number of benzene rings is 2. The molecule has 0 aromatic heterocycles. The Hall–Kier alpha value is -1.66. The molecule has 2 nitrogen and oxygen atoms in total. The molecule has 0 unspecified atom stereocenters. The number of halogens is 3. The molecule has 1 heterocycles. The molecule has 20 heavy (non-hydrogen) atoms. The highest BCUT2D eigenvalue weighted by Crippen LogP contribution is 2.46. The predicted molar refractivity (Wildman–Crippen MR) is 71.2 cm³/mol. The zero-order chi connectivity index (χ0) is 14.3. The van der Waals surface area contributed by atoms with E-state index in [1.165, 1.54) is 17.8 Å². The van der Waals surface area contributed by atoms with E-state index < -0.39 is 11.7 Å². The lowest BCUT2D eigenvalue weighted by Crippen LogP contribution is -2.07. The van der Waals surface area contributed by atoms with Crippen molar-refractivity contribution in [1.29, 1.82) is 0 Å². The van der Waals surface area contributed by atoms with Crippen molar-refractivity contribution in [2.24, 2.45) is 0 Å². The predicted octanol–water partition coefficient (Wildman–Crippen LogP) is 4.41. The van der Waals surface area contributed by atoms with E-state index in [1.807, 2.05) is 6.07 Å². The molecule has 3 rings (SSSR count). The van der Waals surface area contributed by atoms with Crippen molar-refractivity contribution in [3.63, 3.8) is 0 Å². The van der Waals surface area contributed by atoms with Crippen LogP contribution in [0.2, 0.25) is 0 Å². The molecule has 2 aromatic rings. The number of fused-ring (bicyclic) bond motifs is 2. The number of aliphatic hydroxyl groups excluding tert-OH is 1. The number of alkyl halides is 3. The summed E-state index contributed by atoms with van der Waals surface area (Å²) in [5.74, 6) is 0. The maximum Gasteiger partial charge on any atom is 0.416 e. The Bertz CT molecular complexity index is 670. The maximum absolute atomic E-state index is 12.7. The van der Waals surface area contributed by atoms with Crippen LogP contribution in [0.15, 0.2) is 46.2 Å². The van der Waals surface area contributed by atoms with E-state index in [1.54, 1.807) is 12.1 Å². The topological polar surface area (TPSA) is 32.3 Å². The molecule has 1 aliphatic rings. The van der Waals surface area contributed by atoms with Crippen LogP contribution in [0.1, 0.15) is 11.1 Å². The summed E-state index contributed by atoms with van der Waals surface area (Å²) in [7, 11) is 0. The molecule has 104 valence electrons. The Morgan fingerprint density at radius 2 is 1.65 bits per heavy atom. The van der Waals surface area contributed by atoms with E-state index >= 15 is 0 Å². The monoisotopic (exact) mass is 297 g/mol. The van der Waals surface area contributed by atoms with Gasteiger partial charge in [0, 0.05) is 9.79 Å². The lowest BCUT2D eigenvalue weighted by Gasteiger charge is -2.22. The SMILES string of the molecule is OCc1ccc2c(c1)Sc1cc(C(F)(F)F)ccc1N2. The lowest BCUT2D eigenvalue weighted by atomic mass is 10.1. The first-order chi connectivity index (χ1) is 9.47. The van der Waals surface area contributed by atoms with Gasteiger partial charge < -0.3 is 10.4 Å². The summed E-state index contributed by atoms with van der Waals surface area (Å²) in [5, 5.41) is 12.2. The van der Waals surface area contributed by atoms with E-state index in [2.05, 4.69) is 5.32 Å². The molecule has 2 N–H and O–H groups in total. The van der Waals surface area contributed by atoms with Gasteiger partial charge in [0.15, 0.2) is 0 Å². The zero-order valence-electron chi connectivity index (χ0n) is 10.2. The van der Waals surface area contributed by atoms with E-state index in [0.717, 1.165) is 28.3 Å². The molecule has 0 aliphatic carbocycles. The second-order valence-electron chi connectivity index (χ2n) is 4.42. The third-order valence-electron chi connectivity index (χ3n) is 3.03. The first kappa shape index (κ1) is 13.3. The number of hydrogen-bond acceptors (Lipinski definition) is 3. The van der Waals surface area contributed by atoms with Gasteiger partial charge in [-0.1, -0.05) is 17.8 Å². The second-order valence-corrected chi connectivity index (χ2v) is 5.51. The molecule has 0 radical (unpaired) electrons. The van der Waals surface area contributed by atoms with Gasteiger partial charge >= 0.3 is 6.18 Å². The smallest absolute Gasteiger partial charge is 0.392 e. The first-order valence-corrected chi connectivity index (χ1v) is 6.69. The molecular formula is C14H10F3NOS. The molecule has 0 saturated carbocycles. The van der Waals surface area contributed by atoms with Gasteiger partial charge in [0.05, 0.1) is 23.5 Å². The highest BCUT2D eigenvalue weighted by Gasteiger charge is 2.31. The van der Waals surface area contributed by atoms with E-state index in [0.29, 0.717) is 10.6 Å². The largest absolute Gasteiger partial charge is 0.416 e. The van der Waals surface area contributed by atoms with Crippen LogP contribution in [0.25, 0.3) is 0 Å². The van der Waals surface area contributed by atoms with Crippen molar-refractivity contribution < 1.29 is 18.3 Å². The number of aliphatic hydroxyl groups is 1. The van der Waals surface area contributed by atoms with Gasteiger partial charge in [-0.2, -0.15) is 13.2 Å². The van der Waals surface area contributed by atoms with Crippen molar-refractivity contribution in [3.8, 4) is 0 Å². The lowest BCUT2D eigenvalue weighted by molar-refractivity contribution is -0.137. The van der Waals surface area contributed by atoms with E-state index in [9.17, 15) is 13.2 Å². The molecule has 0 saturated heterocycles. The van der Waals surface area contributed by atoms with Crippen molar-refractivity contribution in [2.45, 2.75) is 22.6 Å². The summed E-state index contributed by atoms with van der Waals surface area (Å²) >= 11 is 1.27. The number of anilines is 2. The van der Waals surface area contributed by atoms with Crippen molar-refractivity contribution >= 4 is 23.1 Å². The van der Waals surface area contributed by atoms with Crippen LogP contribution >= 0.6 is 11.8 Å². The standard InChI is InChI=1S/C14H10F3NOS/c15-14(16,17)9-2-4-11-13(6-9)20-12-5-8(7-19)1-3-10(12)18-11/h1-6,18-19H,7H2. The Labute approximate surface area is 117 Å². The summed E-state index contributed by atoms with van der Waals surface area (Å²) in [6.45, 7) is -0.0940. The quantitative estimate of drug-likeness (QED) is 0.698. The highest BCUT2D eigenvalue weighted by atomic mass is 32.2. The third kappa shape index (κ3) is 2.36. The fourth-order valence-corrected chi connectivity index (χ4v) is 3.09. The fourth-order valence-electron chi connectivity index (χ4n) is 2.00. The average molecular weight is 297 g/mol.